The molecule has 4 fully saturated rings. The van der Waals surface area contributed by atoms with E-state index in [1.807, 2.05) is 136 Å². The average Bonchev–Trinajstić information content (AvgIpc) is 1.57. The van der Waals surface area contributed by atoms with Gasteiger partial charge in [0, 0.05) is 103 Å². The zero-order chi connectivity index (χ0) is 72.8. The zero-order valence-corrected chi connectivity index (χ0v) is 58.1. The molecule has 6 heterocycles. The molecule has 4 aromatic carbocycles. The van der Waals surface area contributed by atoms with Gasteiger partial charge in [-0.25, -0.2) is 29.5 Å². The van der Waals surface area contributed by atoms with Crippen molar-refractivity contribution in [1.29, 1.82) is 0 Å². The largest absolute Gasteiger partial charge is 0.478 e. The molecule has 4 aliphatic rings. The number of carbonyl (C=O) groups excluding carboxylic acids is 3. The van der Waals surface area contributed by atoms with Crippen molar-refractivity contribution in [2.75, 3.05) is 105 Å². The van der Waals surface area contributed by atoms with E-state index < -0.39 is 24.0 Å². The van der Waals surface area contributed by atoms with E-state index in [1.54, 1.807) is 44.5 Å². The molecular formula is C75H93F3N12O10. The van der Waals surface area contributed by atoms with Gasteiger partial charge in [0.05, 0.1) is 36.1 Å². The number of para-hydroxylation sites is 2. The number of hydrogen-bond acceptors (Lipinski definition) is 17. The van der Waals surface area contributed by atoms with Gasteiger partial charge in [-0.15, -0.1) is 0 Å². The third kappa shape index (κ3) is 21.2. The number of nitrogens with zero attached hydrogens (tertiary/aromatic N) is 10. The highest BCUT2D eigenvalue weighted by Gasteiger charge is 2.41. The summed E-state index contributed by atoms with van der Waals surface area (Å²) in [4.78, 5) is 70.7. The lowest BCUT2D eigenvalue weighted by molar-refractivity contribution is -0.156. The number of rotatable bonds is 22. The molecule has 4 aromatic heterocycles. The first-order chi connectivity index (χ1) is 48.4. The van der Waals surface area contributed by atoms with Crippen LogP contribution in [0.1, 0.15) is 110 Å². The molecule has 0 spiro atoms. The molecule has 100 heavy (non-hydrogen) atoms. The molecule has 22 nitrogen and oxygen atoms in total. The summed E-state index contributed by atoms with van der Waals surface area (Å²) in [7, 11) is 7.26. The number of anilines is 2. The van der Waals surface area contributed by atoms with E-state index in [2.05, 4.69) is 48.3 Å². The second kappa shape index (κ2) is 35.9. The third-order valence-electron chi connectivity index (χ3n) is 16.7. The first kappa shape index (κ1) is 74.5. The molecule has 8 aromatic rings. The van der Waals surface area contributed by atoms with Crippen molar-refractivity contribution in [3.05, 3.63) is 158 Å². The number of nitrogen functional groups attached to an aromatic ring is 2. The van der Waals surface area contributed by atoms with Crippen LogP contribution in [0.25, 0.3) is 44.3 Å². The zero-order valence-electron chi connectivity index (χ0n) is 59.1. The topological polar surface area (TPSA) is 261 Å². The second-order valence-electron chi connectivity index (χ2n) is 25.5. The smallest absolute Gasteiger partial charge is 0.446 e. The van der Waals surface area contributed by atoms with Crippen molar-refractivity contribution in [1.82, 2.24) is 48.7 Å². The standard InChI is InChI=1S/C33H38N6O3.C30H33N5O3.C8H15NO3.C2HF3O.C2H6/c1-37(19-20-41-2)17-6-9-28(40)38-18-16-25(21-38)39-31(24-10-11-24)29(30-32(34)35-22-36-33(30)39)23-12-14-27(15-13-23)42-26-7-4-3-5-8-26;1-30(2,3)38-29(36)34-16-15-21(17-34)35-26(20-9-10-20)24(25-27(31)32-18-33-28(25)35)19-11-13-23(14-12-19)37-22-7-5-4-6-8-22;1-9(6-7-12-2)5-3-4-8(10)11;3-2(4,5)1-6;1-2/h3-9,12-15,22,24-25H,10-11,16-21H2,1-2H3,(H2,34,35,36);4-8,11-14,18,20-21H,9-10,15-17H2,1-3H3,(H2,31,32,33);3-4H,5-7H2,1-2H3,(H,10,11);1H;1-2H3/b9-6+;;4-3+;;/t25-;21-;;;/m11.../s1/i;;;;1D. The number of carboxylic acid groups (broad SMARTS) is 1. The molecule has 5 N–H and O–H groups in total. The van der Waals surface area contributed by atoms with Gasteiger partial charge in [0.2, 0.25) is 12.2 Å². The number of likely N-dealkylation sites (tertiary alicyclic amines) is 2. The maximum absolute atomic E-state index is 13.1. The summed E-state index contributed by atoms with van der Waals surface area (Å²) in [6, 6.07) is 36.0. The van der Waals surface area contributed by atoms with Crippen LogP contribution in [0.4, 0.5) is 29.6 Å². The van der Waals surface area contributed by atoms with E-state index in [4.69, 9.17) is 56.4 Å². The fourth-order valence-electron chi connectivity index (χ4n) is 11.9. The second-order valence-corrected chi connectivity index (χ2v) is 25.5. The highest BCUT2D eigenvalue weighted by atomic mass is 19.4. The van der Waals surface area contributed by atoms with Crippen LogP contribution in [0.3, 0.4) is 0 Å². The van der Waals surface area contributed by atoms with Gasteiger partial charge in [-0.2, -0.15) is 13.2 Å². The monoisotopic (exact) mass is 1380 g/mol. The van der Waals surface area contributed by atoms with E-state index in [1.165, 1.54) is 17.7 Å². The van der Waals surface area contributed by atoms with Crippen molar-refractivity contribution in [3.63, 3.8) is 0 Å². The van der Waals surface area contributed by atoms with Gasteiger partial charge in [-0.05, 0) is 145 Å². The number of halogens is 3. The normalized spacial score (nSPS) is 16.1. The number of likely N-dealkylation sites (N-methyl/N-ethyl adjacent to an activating group) is 2. The minimum Gasteiger partial charge on any atom is -0.478 e. The van der Waals surface area contributed by atoms with Crippen molar-refractivity contribution in [2.24, 2.45) is 0 Å². The van der Waals surface area contributed by atoms with Gasteiger partial charge in [-0.3, -0.25) is 9.59 Å². The number of hydrogen-bond donors (Lipinski definition) is 3. The number of aromatic nitrogens is 6. The van der Waals surface area contributed by atoms with Gasteiger partial charge in [0.15, 0.2) is 0 Å². The number of alkyl halides is 3. The Morgan fingerprint density at radius 2 is 1.01 bits per heavy atom. The quantitative estimate of drug-likeness (QED) is 0.0421. The molecule has 25 heteroatoms. The predicted octanol–water partition coefficient (Wildman–Crippen LogP) is 13.8. The molecule has 0 radical (unpaired) electrons. The number of methoxy groups -OCH3 is 2. The summed E-state index contributed by atoms with van der Waals surface area (Å²) >= 11 is 0. The molecule has 2 atom stereocenters. The SMILES string of the molecule is CC(C)(C)OC(=O)N1CC[C@@H](n2c(C3CC3)c(-c3ccc(Oc4ccccc4)cc3)c3c(N)ncnc32)C1.COCCN(C)C/C=C/C(=O)N1CC[C@@H](n2c(C3CC3)c(-c3ccc(Oc4ccccc4)cc3)c3c(N)ncnc32)C1.COCCN(C)C/C=C/C(=O)O.O=CC(F)(F)F.[2H]CC. The van der Waals surface area contributed by atoms with Crippen LogP contribution in [-0.4, -0.2) is 184 Å². The number of aliphatic carboxylic acids is 1. The molecule has 0 bridgehead atoms. The fraction of sp³-hybridized carbons (Fsp3) is 0.413. The van der Waals surface area contributed by atoms with Gasteiger partial charge in [-0.1, -0.05) is 86.6 Å². The predicted molar refractivity (Wildman–Crippen MR) is 382 cm³/mol. The lowest BCUT2D eigenvalue weighted by Gasteiger charge is -2.25. The Balaban J connectivity index is 0.000000201. The van der Waals surface area contributed by atoms with Crippen LogP contribution >= 0.6 is 0 Å². The number of carbonyl (C=O) groups is 4. The molecule has 534 valence electrons. The highest BCUT2D eigenvalue weighted by molar-refractivity contribution is 6.04. The summed E-state index contributed by atoms with van der Waals surface area (Å²) in [5.74, 6) is 4.08. The number of aldehydes is 1. The third-order valence-corrected chi connectivity index (χ3v) is 16.7. The van der Waals surface area contributed by atoms with Crippen LogP contribution in [0.2, 0.25) is 0 Å². The van der Waals surface area contributed by atoms with E-state index in [0.29, 0.717) is 82.9 Å². The number of ether oxygens (including phenoxy) is 5. The number of nitrogens with two attached hydrogens (primary N) is 2. The van der Waals surface area contributed by atoms with E-state index in [0.717, 1.165) is 125 Å². The van der Waals surface area contributed by atoms with Gasteiger partial charge in [0.25, 0.3) is 0 Å². The summed E-state index contributed by atoms with van der Waals surface area (Å²) in [5, 5.41) is 10.0. The minimum atomic E-state index is -4.64. The Kier molecular flexibility index (Phi) is 26.7. The van der Waals surface area contributed by atoms with Crippen LogP contribution in [0.15, 0.2) is 146 Å². The first-order valence-electron chi connectivity index (χ1n) is 34.1. The molecule has 2 saturated heterocycles. The van der Waals surface area contributed by atoms with Crippen LogP contribution < -0.4 is 20.9 Å². The maximum Gasteiger partial charge on any atom is 0.446 e. The summed E-state index contributed by atoms with van der Waals surface area (Å²) in [6.45, 7) is 14.8. The van der Waals surface area contributed by atoms with Crippen LogP contribution in [0, 0.1) is 0 Å². The molecule has 2 aliphatic carbocycles. The summed E-state index contributed by atoms with van der Waals surface area (Å²) in [5.41, 5.74) is 21.0. The molecule has 2 amide bonds. The summed E-state index contributed by atoms with van der Waals surface area (Å²) < 4.78 is 69.9. The Morgan fingerprint density at radius 1 is 0.620 bits per heavy atom. The van der Waals surface area contributed by atoms with Crippen molar-refractivity contribution in [2.45, 2.75) is 109 Å². The molecule has 2 saturated carbocycles. The summed E-state index contributed by atoms with van der Waals surface area (Å²) in [6.07, 6.45) is 9.68. The lowest BCUT2D eigenvalue weighted by atomic mass is 10.0. The Morgan fingerprint density at radius 3 is 1.39 bits per heavy atom. The number of carboxylic acids is 1. The minimum absolute atomic E-state index is 0.0467. The lowest BCUT2D eigenvalue weighted by Crippen LogP contribution is -2.35. The van der Waals surface area contributed by atoms with Gasteiger partial charge >= 0.3 is 18.2 Å². The van der Waals surface area contributed by atoms with E-state index in [9.17, 15) is 27.6 Å². The first-order valence-corrected chi connectivity index (χ1v) is 33.4. The van der Waals surface area contributed by atoms with Crippen molar-refractivity contribution < 1.29 is 62.5 Å². The molecular weight excluding hydrogens is 1290 g/mol. The van der Waals surface area contributed by atoms with Crippen molar-refractivity contribution in [3.8, 4) is 45.3 Å². The Labute approximate surface area is 583 Å². The highest BCUT2D eigenvalue weighted by Crippen LogP contribution is 2.53. The molecule has 0 unspecified atom stereocenters. The maximum atomic E-state index is 13.1. The van der Waals surface area contributed by atoms with Gasteiger partial charge < -0.3 is 69.0 Å². The Hall–Kier alpha value is -9.69. The molecule has 12 rings (SSSR count). The van der Waals surface area contributed by atoms with Gasteiger partial charge in [0.1, 0.15) is 64.2 Å². The number of fused-ring (bicyclic) bond motifs is 2. The van der Waals surface area contributed by atoms with Crippen LogP contribution in [-0.2, 0) is 28.6 Å². The number of benzene rings is 4. The Bertz CT molecular complexity index is 4050. The fourth-order valence-corrected chi connectivity index (χ4v) is 11.9. The van der Waals surface area contributed by atoms with E-state index >= 15 is 0 Å². The average molecular weight is 1380 g/mol. The molecule has 2 aliphatic heterocycles. The van der Waals surface area contributed by atoms with E-state index in [-0.39, 0.29) is 24.1 Å². The van der Waals surface area contributed by atoms with Crippen LogP contribution in [0.5, 0.6) is 23.0 Å². The number of amides is 2. The van der Waals surface area contributed by atoms with Crippen molar-refractivity contribution >= 4 is 58.0 Å².